The lowest BCUT2D eigenvalue weighted by molar-refractivity contribution is -0.152. The monoisotopic (exact) mass is 477 g/mol. The van der Waals surface area contributed by atoms with Gasteiger partial charge in [0.25, 0.3) is 0 Å². The molecule has 9 nitrogen and oxygen atoms in total. The van der Waals surface area contributed by atoms with E-state index in [9.17, 15) is 19.5 Å². The Bertz CT molecular complexity index is 889. The number of likely N-dealkylation sites (tertiary alicyclic amines) is 1. The van der Waals surface area contributed by atoms with Crippen molar-refractivity contribution >= 4 is 29.5 Å². The number of morpholine rings is 1. The van der Waals surface area contributed by atoms with Crippen molar-refractivity contribution in [1.29, 1.82) is 0 Å². The standard InChI is InChI=1S/C23H31N3O6S/c1-22-4-3-13-32-21(30)17(22)16-19(28)26(9-12-27)18-20(29)25(6-2-5-23(16,18)33-22)8-7-24-10-14-31-15-11-24/h2-5,16-18,27H,6-15H2,1H3/t16-,17+,18?,22-,23-/m0/s1. The normalized spacial score (nSPS) is 38.6. The topological polar surface area (TPSA) is 99.6 Å². The summed E-state index contributed by atoms with van der Waals surface area (Å²) in [5, 5.41) is 9.71. The van der Waals surface area contributed by atoms with E-state index in [1.165, 1.54) is 16.7 Å². The Morgan fingerprint density at radius 2 is 1.85 bits per heavy atom. The molecule has 0 aromatic heterocycles. The van der Waals surface area contributed by atoms with Crippen molar-refractivity contribution in [2.24, 2.45) is 11.8 Å². The number of nitrogens with zero attached hydrogens (tertiary/aromatic N) is 3. The van der Waals surface area contributed by atoms with Crippen LogP contribution in [0.25, 0.3) is 0 Å². The summed E-state index contributed by atoms with van der Waals surface area (Å²) in [5.41, 5.74) is 0. The molecule has 5 aliphatic rings. The van der Waals surface area contributed by atoms with Gasteiger partial charge in [0, 0.05) is 44.0 Å². The third-order valence-corrected chi connectivity index (χ3v) is 9.32. The number of hydrogen-bond acceptors (Lipinski definition) is 8. The molecule has 0 aromatic rings. The summed E-state index contributed by atoms with van der Waals surface area (Å²) < 4.78 is 9.29. The number of hydrogen-bond donors (Lipinski definition) is 1. The highest BCUT2D eigenvalue weighted by molar-refractivity contribution is 8.02. The van der Waals surface area contributed by atoms with Crippen LogP contribution in [0.4, 0.5) is 0 Å². The predicted octanol–water partition coefficient (Wildman–Crippen LogP) is -0.490. The van der Waals surface area contributed by atoms with Crippen molar-refractivity contribution in [2.75, 3.05) is 65.7 Å². The van der Waals surface area contributed by atoms with Crippen LogP contribution in [0.2, 0.25) is 0 Å². The van der Waals surface area contributed by atoms with E-state index in [2.05, 4.69) is 4.90 Å². The maximum absolute atomic E-state index is 13.9. The number of β-amino-alcohol motifs (C(OH)–C–C–N with tert-alkyl or cyclic N) is 1. The molecule has 0 bridgehead atoms. The number of aliphatic hydroxyl groups excluding tert-OH is 1. The number of carbonyl (C=O) groups is 3. The fraction of sp³-hybridized carbons (Fsp3) is 0.696. The molecule has 10 heteroatoms. The predicted molar refractivity (Wildman–Crippen MR) is 121 cm³/mol. The molecule has 180 valence electrons. The van der Waals surface area contributed by atoms with Gasteiger partial charge in [-0.05, 0) is 13.0 Å². The van der Waals surface area contributed by atoms with Crippen LogP contribution in [0.3, 0.4) is 0 Å². The lowest BCUT2D eigenvalue weighted by Crippen LogP contribution is -2.55. The van der Waals surface area contributed by atoms with Crippen LogP contribution in [-0.4, -0.2) is 119 Å². The zero-order chi connectivity index (χ0) is 23.2. The SMILES string of the molecule is C[C@]12C=CCOC(=O)[C@H]1[C@H]1C(=O)N(CCO)C3C(=O)N(CCN4CCOCC4)CC=C[C@@]31S2. The van der Waals surface area contributed by atoms with E-state index in [4.69, 9.17) is 9.47 Å². The molecule has 1 spiro atoms. The lowest BCUT2D eigenvalue weighted by atomic mass is 9.75. The highest BCUT2D eigenvalue weighted by Gasteiger charge is 2.73. The molecule has 5 atom stereocenters. The molecule has 2 amide bonds. The van der Waals surface area contributed by atoms with Gasteiger partial charge in [0.1, 0.15) is 12.6 Å². The van der Waals surface area contributed by atoms with Gasteiger partial charge >= 0.3 is 5.97 Å². The van der Waals surface area contributed by atoms with Crippen LogP contribution >= 0.6 is 11.8 Å². The van der Waals surface area contributed by atoms with Crippen LogP contribution in [0.1, 0.15) is 6.92 Å². The second-order valence-corrected chi connectivity index (χ2v) is 11.2. The van der Waals surface area contributed by atoms with E-state index in [0.717, 1.165) is 19.6 Å². The molecular weight excluding hydrogens is 446 g/mol. The highest BCUT2D eigenvalue weighted by atomic mass is 32.2. The first-order chi connectivity index (χ1) is 15.9. The number of esters is 1. The average molecular weight is 478 g/mol. The summed E-state index contributed by atoms with van der Waals surface area (Å²) >= 11 is 1.52. The molecule has 0 saturated carbocycles. The Hall–Kier alpha value is -1.88. The average Bonchev–Trinajstić information content (AvgIpc) is 3.05. The quantitative estimate of drug-likeness (QED) is 0.418. The molecule has 1 unspecified atom stereocenters. The Kier molecular flexibility index (Phi) is 6.05. The highest BCUT2D eigenvalue weighted by Crippen LogP contribution is 2.65. The van der Waals surface area contributed by atoms with E-state index in [1.807, 2.05) is 31.2 Å². The van der Waals surface area contributed by atoms with E-state index in [0.29, 0.717) is 26.3 Å². The molecule has 5 rings (SSSR count). The zero-order valence-corrected chi connectivity index (χ0v) is 19.7. The third-order valence-electron chi connectivity index (χ3n) is 7.53. The number of carbonyl (C=O) groups excluding carboxylic acids is 3. The lowest BCUT2D eigenvalue weighted by Gasteiger charge is -2.37. The van der Waals surface area contributed by atoms with Crippen LogP contribution in [0.15, 0.2) is 24.3 Å². The van der Waals surface area contributed by atoms with Gasteiger partial charge in [-0.25, -0.2) is 0 Å². The first-order valence-corrected chi connectivity index (χ1v) is 12.5. The van der Waals surface area contributed by atoms with Crippen molar-refractivity contribution in [2.45, 2.75) is 22.5 Å². The molecule has 3 saturated heterocycles. The van der Waals surface area contributed by atoms with Crippen molar-refractivity contribution < 1.29 is 29.0 Å². The number of aliphatic hydroxyl groups is 1. The molecule has 0 aromatic carbocycles. The van der Waals surface area contributed by atoms with Crippen molar-refractivity contribution in [3.05, 3.63) is 24.3 Å². The van der Waals surface area contributed by atoms with Crippen LogP contribution in [-0.2, 0) is 23.9 Å². The number of ether oxygens (including phenoxy) is 2. The molecule has 33 heavy (non-hydrogen) atoms. The van der Waals surface area contributed by atoms with E-state index >= 15 is 0 Å². The Labute approximate surface area is 197 Å². The minimum absolute atomic E-state index is 0.0630. The van der Waals surface area contributed by atoms with Gasteiger partial charge in [-0.3, -0.25) is 19.3 Å². The summed E-state index contributed by atoms with van der Waals surface area (Å²) in [6, 6.07) is -0.763. The van der Waals surface area contributed by atoms with Gasteiger partial charge in [0.05, 0.1) is 36.4 Å². The third kappa shape index (κ3) is 3.62. The first kappa shape index (κ1) is 22.9. The van der Waals surface area contributed by atoms with E-state index in [-0.39, 0.29) is 31.6 Å². The van der Waals surface area contributed by atoms with Gasteiger partial charge in [-0.2, -0.15) is 0 Å². The minimum Gasteiger partial charge on any atom is -0.461 e. The molecule has 0 aliphatic carbocycles. The largest absolute Gasteiger partial charge is 0.461 e. The maximum atomic E-state index is 13.9. The van der Waals surface area contributed by atoms with Crippen molar-refractivity contribution in [3.8, 4) is 0 Å². The van der Waals surface area contributed by atoms with Gasteiger partial charge in [-0.15, -0.1) is 11.8 Å². The number of thioether (sulfide) groups is 1. The molecule has 0 radical (unpaired) electrons. The summed E-state index contributed by atoms with van der Waals surface area (Å²) in [4.78, 5) is 46.2. The number of amides is 2. The summed E-state index contributed by atoms with van der Waals surface area (Å²) in [7, 11) is 0. The molecule has 3 fully saturated rings. The molecule has 5 heterocycles. The summed E-state index contributed by atoms with van der Waals surface area (Å²) in [5.74, 6) is -2.17. The second-order valence-electron chi connectivity index (χ2n) is 9.43. The van der Waals surface area contributed by atoms with Crippen LogP contribution in [0.5, 0.6) is 0 Å². The van der Waals surface area contributed by atoms with Crippen LogP contribution < -0.4 is 0 Å². The number of rotatable bonds is 5. The second kappa shape index (κ2) is 8.72. The minimum atomic E-state index is -0.878. The Balaban J connectivity index is 1.48. The fourth-order valence-electron chi connectivity index (χ4n) is 6.04. The maximum Gasteiger partial charge on any atom is 0.311 e. The Morgan fingerprint density at radius 3 is 2.61 bits per heavy atom. The van der Waals surface area contributed by atoms with Gasteiger partial charge < -0.3 is 24.4 Å². The molecular formula is C23H31N3O6S. The fourth-order valence-corrected chi connectivity index (χ4v) is 8.19. The zero-order valence-electron chi connectivity index (χ0n) is 18.9. The van der Waals surface area contributed by atoms with Crippen molar-refractivity contribution in [1.82, 2.24) is 14.7 Å². The van der Waals surface area contributed by atoms with Gasteiger partial charge in [0.2, 0.25) is 11.8 Å². The molecule has 5 aliphatic heterocycles. The van der Waals surface area contributed by atoms with E-state index in [1.54, 1.807) is 4.90 Å². The summed E-state index contributed by atoms with van der Waals surface area (Å²) in [6.07, 6.45) is 7.73. The number of fused-ring (bicyclic) bond motifs is 2. The van der Waals surface area contributed by atoms with E-state index < -0.39 is 33.3 Å². The Morgan fingerprint density at radius 1 is 1.06 bits per heavy atom. The first-order valence-electron chi connectivity index (χ1n) is 11.6. The van der Waals surface area contributed by atoms with Crippen molar-refractivity contribution in [3.63, 3.8) is 0 Å². The summed E-state index contributed by atoms with van der Waals surface area (Å²) in [6.45, 7) is 6.78. The van der Waals surface area contributed by atoms with Gasteiger partial charge in [0.15, 0.2) is 0 Å². The van der Waals surface area contributed by atoms with Gasteiger partial charge in [-0.1, -0.05) is 18.2 Å². The molecule has 1 N–H and O–H groups in total. The smallest absolute Gasteiger partial charge is 0.311 e. The van der Waals surface area contributed by atoms with Crippen LogP contribution in [0, 0.1) is 11.8 Å². The number of cyclic esters (lactones) is 1.